The van der Waals surface area contributed by atoms with Gasteiger partial charge in [0.25, 0.3) is 11.8 Å². The van der Waals surface area contributed by atoms with Gasteiger partial charge in [-0.25, -0.2) is 0 Å². The van der Waals surface area contributed by atoms with Crippen LogP contribution in [0.4, 0.5) is 0 Å². The van der Waals surface area contributed by atoms with E-state index in [2.05, 4.69) is 36.4 Å². The zero-order valence-corrected chi connectivity index (χ0v) is 36.2. The van der Waals surface area contributed by atoms with E-state index in [4.69, 9.17) is 9.47 Å². The molecule has 2 aliphatic heterocycles. The number of quaternary nitrogens is 2. The lowest BCUT2D eigenvalue weighted by Crippen LogP contribution is -3.00. The van der Waals surface area contributed by atoms with Crippen LogP contribution in [-0.4, -0.2) is 110 Å². The SMILES string of the molecule is COc1cccc(C[N+]2(CCCCCCCCCC[N+]3(Cc4cccc(OC)c4)CCN(C(=O)c4ccccc4)CC3)CCN(C(=O)c3ccccc3)CC2)c1.[Cl-].[Cl-]. The van der Waals surface area contributed by atoms with E-state index in [1.54, 1.807) is 14.2 Å². The molecule has 4 aromatic rings. The van der Waals surface area contributed by atoms with Gasteiger partial charge >= 0.3 is 0 Å². The van der Waals surface area contributed by atoms with Gasteiger partial charge in [0.05, 0.1) is 79.7 Å². The van der Waals surface area contributed by atoms with Gasteiger partial charge in [0.1, 0.15) is 24.6 Å². The maximum absolute atomic E-state index is 13.2. The Bertz CT molecular complexity index is 1680. The Morgan fingerprint density at radius 1 is 0.483 bits per heavy atom. The number of ether oxygens (including phenoxy) is 2. The number of rotatable bonds is 19. The van der Waals surface area contributed by atoms with E-state index in [1.165, 1.54) is 62.5 Å². The Kier molecular flexibility index (Phi) is 18.9. The van der Waals surface area contributed by atoms with Crippen molar-refractivity contribution in [1.82, 2.24) is 9.80 Å². The van der Waals surface area contributed by atoms with Crippen LogP contribution in [0.2, 0.25) is 0 Å². The first-order valence-electron chi connectivity index (χ1n) is 21.0. The van der Waals surface area contributed by atoms with Gasteiger partial charge in [-0.3, -0.25) is 9.59 Å². The molecule has 0 bridgehead atoms. The molecular weight excluding hydrogens is 767 g/mol. The molecule has 0 spiro atoms. The highest BCUT2D eigenvalue weighted by atomic mass is 35.5. The third-order valence-corrected chi connectivity index (χ3v) is 12.3. The van der Waals surface area contributed by atoms with Gasteiger partial charge in [0.2, 0.25) is 0 Å². The van der Waals surface area contributed by atoms with Crippen molar-refractivity contribution < 1.29 is 52.8 Å². The number of halogens is 2. The predicted octanol–water partition coefficient (Wildman–Crippen LogP) is 2.48. The molecule has 2 saturated heterocycles. The van der Waals surface area contributed by atoms with Crippen LogP contribution in [0, 0.1) is 0 Å². The topological polar surface area (TPSA) is 59.1 Å². The number of hydrogen-bond acceptors (Lipinski definition) is 4. The van der Waals surface area contributed by atoms with Crippen molar-refractivity contribution in [3.63, 3.8) is 0 Å². The highest BCUT2D eigenvalue weighted by Gasteiger charge is 2.36. The van der Waals surface area contributed by atoms with Crippen LogP contribution in [0.1, 0.15) is 83.2 Å². The van der Waals surface area contributed by atoms with Crippen molar-refractivity contribution >= 4 is 11.8 Å². The number of amides is 2. The maximum Gasteiger partial charge on any atom is 0.254 e. The molecule has 58 heavy (non-hydrogen) atoms. The Balaban J connectivity index is 0.00000372. The fraction of sp³-hybridized carbons (Fsp3) is 0.458. The van der Waals surface area contributed by atoms with E-state index < -0.39 is 0 Å². The van der Waals surface area contributed by atoms with Crippen molar-refractivity contribution in [2.24, 2.45) is 0 Å². The van der Waals surface area contributed by atoms with Crippen molar-refractivity contribution in [1.29, 1.82) is 0 Å². The van der Waals surface area contributed by atoms with Crippen LogP contribution >= 0.6 is 0 Å². The zero-order valence-electron chi connectivity index (χ0n) is 34.7. The first kappa shape index (κ1) is 46.6. The van der Waals surface area contributed by atoms with Crippen molar-refractivity contribution in [2.75, 3.05) is 79.7 Å². The second kappa shape index (κ2) is 23.5. The molecule has 6 rings (SSSR count). The molecule has 10 heteroatoms. The number of unbranched alkanes of at least 4 members (excludes halogenated alkanes) is 7. The summed E-state index contributed by atoms with van der Waals surface area (Å²) in [6, 6.07) is 36.4. The molecule has 0 N–H and O–H groups in total. The van der Waals surface area contributed by atoms with E-state index in [0.717, 1.165) is 110 Å². The van der Waals surface area contributed by atoms with Gasteiger partial charge in [-0.2, -0.15) is 0 Å². The minimum Gasteiger partial charge on any atom is -1.00 e. The number of methoxy groups -OCH3 is 2. The average Bonchev–Trinajstić information content (AvgIpc) is 3.25. The van der Waals surface area contributed by atoms with E-state index >= 15 is 0 Å². The third-order valence-electron chi connectivity index (χ3n) is 12.3. The average molecular weight is 832 g/mol. The largest absolute Gasteiger partial charge is 1.00 e. The summed E-state index contributed by atoms with van der Waals surface area (Å²) in [6.07, 6.45) is 10.1. The van der Waals surface area contributed by atoms with E-state index in [1.807, 2.05) is 82.6 Å². The quantitative estimate of drug-likeness (QED) is 0.108. The molecular formula is C48H64Cl2N4O4. The zero-order chi connectivity index (χ0) is 39.1. The fourth-order valence-electron chi connectivity index (χ4n) is 8.90. The molecule has 0 aromatic heterocycles. The molecule has 8 nitrogen and oxygen atoms in total. The highest BCUT2D eigenvalue weighted by molar-refractivity contribution is 5.94. The summed E-state index contributed by atoms with van der Waals surface area (Å²) in [5.41, 5.74) is 4.18. The Morgan fingerprint density at radius 3 is 1.17 bits per heavy atom. The molecule has 0 aliphatic carbocycles. The Morgan fingerprint density at radius 2 is 0.828 bits per heavy atom. The fourth-order valence-corrected chi connectivity index (χ4v) is 8.90. The molecule has 0 atom stereocenters. The molecule has 2 fully saturated rings. The van der Waals surface area contributed by atoms with E-state index in [9.17, 15) is 9.59 Å². The van der Waals surface area contributed by atoms with Crippen LogP contribution in [0.15, 0.2) is 109 Å². The van der Waals surface area contributed by atoms with Crippen LogP contribution in [-0.2, 0) is 13.1 Å². The molecule has 0 saturated carbocycles. The Hall–Kier alpha value is -4.08. The van der Waals surface area contributed by atoms with E-state index in [0.29, 0.717) is 0 Å². The van der Waals surface area contributed by atoms with Crippen LogP contribution in [0.5, 0.6) is 11.5 Å². The smallest absolute Gasteiger partial charge is 0.254 e. The van der Waals surface area contributed by atoms with Gasteiger partial charge in [-0.05, 0) is 74.2 Å². The number of nitrogens with zero attached hydrogens (tertiary/aromatic N) is 4. The summed E-state index contributed by atoms with van der Waals surface area (Å²) in [4.78, 5) is 30.6. The van der Waals surface area contributed by atoms with Crippen molar-refractivity contribution in [3.8, 4) is 11.5 Å². The lowest BCUT2D eigenvalue weighted by molar-refractivity contribution is -0.944. The van der Waals surface area contributed by atoms with Crippen LogP contribution < -0.4 is 34.3 Å². The number of hydrogen-bond donors (Lipinski definition) is 0. The van der Waals surface area contributed by atoms with Crippen molar-refractivity contribution in [2.45, 2.75) is 64.5 Å². The summed E-state index contributed by atoms with van der Waals surface area (Å²) in [6.45, 7) is 11.3. The standard InChI is InChI=1S/C48H64N4O4.2ClH/c1-55-45-25-17-19-41(37-45)39-51(33-27-49(28-34-51)47(53)43-21-11-9-12-22-43)31-15-7-5-3-4-6-8-16-32-52(40-42-20-18-26-46(38-42)56-2)35-29-50(30-36-52)48(54)44-23-13-10-14-24-44;;/h9-14,17-26,37-38H,3-8,15-16,27-36,39-40H2,1-2H3;2*1H/q+2;;/p-2. The minimum absolute atomic E-state index is 0. The maximum atomic E-state index is 13.2. The molecule has 2 aliphatic rings. The molecule has 0 radical (unpaired) electrons. The highest BCUT2D eigenvalue weighted by Crippen LogP contribution is 2.26. The molecule has 0 unspecified atom stereocenters. The monoisotopic (exact) mass is 830 g/mol. The molecule has 2 amide bonds. The lowest BCUT2D eigenvalue weighted by atomic mass is 10.0. The van der Waals surface area contributed by atoms with Gasteiger partial charge in [0.15, 0.2) is 0 Å². The Labute approximate surface area is 360 Å². The first-order chi connectivity index (χ1) is 27.4. The summed E-state index contributed by atoms with van der Waals surface area (Å²) < 4.78 is 13.2. The van der Waals surface area contributed by atoms with Crippen LogP contribution in [0.25, 0.3) is 0 Å². The second-order valence-electron chi connectivity index (χ2n) is 16.2. The summed E-state index contributed by atoms with van der Waals surface area (Å²) in [7, 11) is 3.47. The number of piperazine rings is 2. The lowest BCUT2D eigenvalue weighted by Gasteiger charge is -2.45. The minimum atomic E-state index is 0. The third kappa shape index (κ3) is 13.2. The van der Waals surface area contributed by atoms with Gasteiger partial charge in [0, 0.05) is 22.3 Å². The molecule has 2 heterocycles. The number of carbonyl (C=O) groups is 2. The van der Waals surface area contributed by atoms with E-state index in [-0.39, 0.29) is 36.6 Å². The summed E-state index contributed by atoms with van der Waals surface area (Å²) in [5, 5.41) is 0. The summed E-state index contributed by atoms with van der Waals surface area (Å²) >= 11 is 0. The normalized spacial score (nSPS) is 15.8. The van der Waals surface area contributed by atoms with Crippen LogP contribution in [0.3, 0.4) is 0 Å². The summed E-state index contributed by atoms with van der Waals surface area (Å²) in [5.74, 6) is 2.11. The molecule has 314 valence electrons. The number of benzene rings is 4. The van der Waals surface area contributed by atoms with Crippen molar-refractivity contribution in [3.05, 3.63) is 131 Å². The first-order valence-corrected chi connectivity index (χ1v) is 21.0. The van der Waals surface area contributed by atoms with Gasteiger partial charge in [-0.15, -0.1) is 0 Å². The predicted molar refractivity (Wildman–Crippen MR) is 225 cm³/mol. The van der Waals surface area contributed by atoms with Gasteiger partial charge < -0.3 is 53.1 Å². The molecule has 4 aromatic carbocycles. The number of carbonyl (C=O) groups excluding carboxylic acids is 2. The second-order valence-corrected chi connectivity index (χ2v) is 16.2. The van der Waals surface area contributed by atoms with Gasteiger partial charge in [-0.1, -0.05) is 86.3 Å².